The summed E-state index contributed by atoms with van der Waals surface area (Å²) < 4.78 is 26.5. The summed E-state index contributed by atoms with van der Waals surface area (Å²) in [5.41, 5.74) is 5.85. The van der Waals surface area contributed by atoms with E-state index >= 15 is 0 Å². The third-order valence-electron chi connectivity index (χ3n) is 4.81. The maximum atomic E-state index is 13.3. The van der Waals surface area contributed by atoms with Crippen LogP contribution >= 0.6 is 0 Å². The van der Waals surface area contributed by atoms with Gasteiger partial charge in [-0.05, 0) is 74.7 Å². The summed E-state index contributed by atoms with van der Waals surface area (Å²) in [7, 11) is 1.92. The van der Waals surface area contributed by atoms with Crippen LogP contribution in [-0.2, 0) is 12.8 Å². The van der Waals surface area contributed by atoms with Gasteiger partial charge in [0.15, 0.2) is 0 Å². The lowest BCUT2D eigenvalue weighted by Gasteiger charge is -2.13. The van der Waals surface area contributed by atoms with Gasteiger partial charge in [0.1, 0.15) is 5.82 Å². The molecule has 0 amide bonds. The van der Waals surface area contributed by atoms with Crippen LogP contribution in [0.4, 0.5) is 8.78 Å². The van der Waals surface area contributed by atoms with Crippen molar-refractivity contribution in [1.82, 2.24) is 15.3 Å². The number of allylic oxidation sites excluding steroid dienone is 4. The molecule has 0 saturated carbocycles. The van der Waals surface area contributed by atoms with Gasteiger partial charge in [-0.2, -0.15) is 0 Å². The maximum absolute atomic E-state index is 13.3. The average molecular weight is 412 g/mol. The van der Waals surface area contributed by atoms with Gasteiger partial charge in [-0.15, -0.1) is 0 Å². The van der Waals surface area contributed by atoms with E-state index in [1.807, 2.05) is 45.2 Å². The van der Waals surface area contributed by atoms with Crippen LogP contribution in [0.3, 0.4) is 0 Å². The third-order valence-corrected chi connectivity index (χ3v) is 4.81. The zero-order chi connectivity index (χ0) is 22.1. The SMILES string of the molecule is C=C/C(CCNC)=C(\C=C(/C)c1ccc(CC(C)(F)F)cc1)Cc1nccc(C)n1. The molecule has 0 atom stereocenters. The monoisotopic (exact) mass is 411 g/mol. The molecule has 1 aromatic heterocycles. The highest BCUT2D eigenvalue weighted by atomic mass is 19.3. The van der Waals surface area contributed by atoms with E-state index in [9.17, 15) is 8.78 Å². The van der Waals surface area contributed by atoms with E-state index in [-0.39, 0.29) is 6.42 Å². The number of aromatic nitrogens is 2. The second-order valence-corrected chi connectivity index (χ2v) is 7.67. The Kier molecular flexibility index (Phi) is 8.60. The summed E-state index contributed by atoms with van der Waals surface area (Å²) >= 11 is 0. The Morgan fingerprint density at radius 2 is 1.87 bits per heavy atom. The quantitative estimate of drug-likeness (QED) is 0.508. The van der Waals surface area contributed by atoms with Crippen LogP contribution in [0.15, 0.2) is 66.4 Å². The van der Waals surface area contributed by atoms with Gasteiger partial charge >= 0.3 is 0 Å². The fourth-order valence-corrected chi connectivity index (χ4v) is 3.26. The molecule has 160 valence electrons. The van der Waals surface area contributed by atoms with Gasteiger partial charge in [0.05, 0.1) is 0 Å². The van der Waals surface area contributed by atoms with Crippen molar-refractivity contribution >= 4 is 5.57 Å². The van der Waals surface area contributed by atoms with Crippen molar-refractivity contribution in [2.24, 2.45) is 0 Å². The molecule has 0 aliphatic carbocycles. The first kappa shape index (κ1) is 23.6. The van der Waals surface area contributed by atoms with Crippen molar-refractivity contribution in [1.29, 1.82) is 0 Å². The normalized spacial score (nSPS) is 13.2. The van der Waals surface area contributed by atoms with Gasteiger partial charge < -0.3 is 5.32 Å². The Balaban J connectivity index is 2.36. The molecule has 2 aromatic rings. The Morgan fingerprint density at radius 3 is 2.43 bits per heavy atom. The third kappa shape index (κ3) is 7.64. The topological polar surface area (TPSA) is 37.8 Å². The molecule has 2 rings (SSSR count). The predicted octanol–water partition coefficient (Wildman–Crippen LogP) is 5.72. The molecule has 30 heavy (non-hydrogen) atoms. The Morgan fingerprint density at radius 1 is 1.17 bits per heavy atom. The molecule has 1 N–H and O–H groups in total. The van der Waals surface area contributed by atoms with Crippen molar-refractivity contribution in [2.75, 3.05) is 13.6 Å². The minimum atomic E-state index is -2.71. The lowest BCUT2D eigenvalue weighted by Crippen LogP contribution is -2.13. The van der Waals surface area contributed by atoms with E-state index in [1.165, 1.54) is 0 Å². The molecule has 1 aromatic carbocycles. The Bertz CT molecular complexity index is 907. The van der Waals surface area contributed by atoms with Crippen LogP contribution in [0.5, 0.6) is 0 Å². The number of halogens is 2. The first-order valence-electron chi connectivity index (χ1n) is 10.1. The van der Waals surface area contributed by atoms with Crippen LogP contribution in [0, 0.1) is 6.92 Å². The molecule has 0 bridgehead atoms. The molecule has 0 fully saturated rings. The first-order valence-corrected chi connectivity index (χ1v) is 10.1. The fourth-order valence-electron chi connectivity index (χ4n) is 3.26. The number of alkyl halides is 2. The van der Waals surface area contributed by atoms with E-state index in [1.54, 1.807) is 18.3 Å². The standard InChI is InChI=1S/C25H31F2N3/c1-6-21(12-13-28-5)23(16-24-29-14-11-19(3)30-24)15-18(2)22-9-7-20(8-10-22)17-25(4,26)27/h6-11,14-15,28H,1,12-13,16-17H2,2-5H3/b18-15+,23-21-. The van der Waals surface area contributed by atoms with Gasteiger partial charge in [0.2, 0.25) is 5.92 Å². The molecular formula is C25H31F2N3. The summed E-state index contributed by atoms with van der Waals surface area (Å²) in [4.78, 5) is 8.95. The summed E-state index contributed by atoms with van der Waals surface area (Å²) in [6.07, 6.45) is 6.98. The molecule has 0 aliphatic heterocycles. The number of benzene rings is 1. The molecule has 0 aliphatic rings. The molecule has 0 radical (unpaired) electrons. The minimum Gasteiger partial charge on any atom is -0.319 e. The summed E-state index contributed by atoms with van der Waals surface area (Å²) in [6, 6.07) is 9.22. The average Bonchev–Trinajstić information content (AvgIpc) is 2.67. The van der Waals surface area contributed by atoms with Crippen LogP contribution in [0.25, 0.3) is 5.57 Å². The Hall–Kier alpha value is -2.66. The fraction of sp³-hybridized carbons (Fsp3) is 0.360. The van der Waals surface area contributed by atoms with Crippen LogP contribution in [-0.4, -0.2) is 29.5 Å². The summed E-state index contributed by atoms with van der Waals surface area (Å²) in [5, 5.41) is 3.17. The van der Waals surface area contributed by atoms with Crippen molar-refractivity contribution in [3.05, 3.63) is 89.1 Å². The highest BCUT2D eigenvalue weighted by Gasteiger charge is 2.21. The minimum absolute atomic E-state index is 0.253. The van der Waals surface area contributed by atoms with Crippen molar-refractivity contribution < 1.29 is 8.78 Å². The first-order chi connectivity index (χ1) is 14.2. The summed E-state index contributed by atoms with van der Waals surface area (Å²) in [6.45, 7) is 9.75. The molecule has 0 spiro atoms. The van der Waals surface area contributed by atoms with Gasteiger partial charge in [0.25, 0.3) is 0 Å². The van der Waals surface area contributed by atoms with Crippen molar-refractivity contribution in [3.63, 3.8) is 0 Å². The second-order valence-electron chi connectivity index (χ2n) is 7.67. The molecule has 0 unspecified atom stereocenters. The summed E-state index contributed by atoms with van der Waals surface area (Å²) in [5.74, 6) is -1.94. The van der Waals surface area contributed by atoms with E-state index < -0.39 is 5.92 Å². The van der Waals surface area contributed by atoms with E-state index in [2.05, 4.69) is 27.9 Å². The second kappa shape index (κ2) is 10.9. The van der Waals surface area contributed by atoms with Crippen LogP contribution in [0.1, 0.15) is 42.9 Å². The number of nitrogens with one attached hydrogen (secondary N) is 1. The van der Waals surface area contributed by atoms with Crippen LogP contribution < -0.4 is 5.32 Å². The highest BCUT2D eigenvalue weighted by Crippen LogP contribution is 2.24. The van der Waals surface area contributed by atoms with E-state index in [0.29, 0.717) is 12.0 Å². The van der Waals surface area contributed by atoms with E-state index in [0.717, 1.165) is 53.7 Å². The lowest BCUT2D eigenvalue weighted by atomic mass is 9.96. The zero-order valence-electron chi connectivity index (χ0n) is 18.3. The zero-order valence-corrected chi connectivity index (χ0v) is 18.3. The molecule has 5 heteroatoms. The van der Waals surface area contributed by atoms with Crippen molar-refractivity contribution in [3.8, 4) is 0 Å². The lowest BCUT2D eigenvalue weighted by molar-refractivity contribution is 0.0226. The maximum Gasteiger partial charge on any atom is 0.249 e. The molecule has 0 saturated heterocycles. The van der Waals surface area contributed by atoms with Crippen molar-refractivity contribution in [2.45, 2.75) is 46.0 Å². The molecular weight excluding hydrogens is 380 g/mol. The van der Waals surface area contributed by atoms with Crippen LogP contribution in [0.2, 0.25) is 0 Å². The Labute approximate surface area is 178 Å². The number of hydrogen-bond acceptors (Lipinski definition) is 3. The smallest absolute Gasteiger partial charge is 0.249 e. The molecule has 1 heterocycles. The van der Waals surface area contributed by atoms with Gasteiger partial charge in [-0.25, -0.2) is 18.7 Å². The largest absolute Gasteiger partial charge is 0.319 e. The number of nitrogens with zero attached hydrogens (tertiary/aromatic N) is 2. The predicted molar refractivity (Wildman–Crippen MR) is 121 cm³/mol. The van der Waals surface area contributed by atoms with Gasteiger partial charge in [0, 0.05) is 24.7 Å². The molecule has 3 nitrogen and oxygen atoms in total. The number of hydrogen-bond donors (Lipinski definition) is 1. The number of rotatable bonds is 10. The van der Waals surface area contributed by atoms with Gasteiger partial charge in [-0.1, -0.05) is 43.0 Å². The number of aryl methyl sites for hydroxylation is 1. The van der Waals surface area contributed by atoms with E-state index in [4.69, 9.17) is 0 Å². The highest BCUT2D eigenvalue weighted by molar-refractivity contribution is 5.67. The van der Waals surface area contributed by atoms with Gasteiger partial charge in [-0.3, -0.25) is 0 Å².